The summed E-state index contributed by atoms with van der Waals surface area (Å²) in [6.07, 6.45) is 10.0. The Kier molecular flexibility index (Phi) is 3.37. The number of terminal acetylenes is 1. The van der Waals surface area contributed by atoms with Gasteiger partial charge in [0.15, 0.2) is 0 Å². The zero-order valence-electron chi connectivity index (χ0n) is 9.76. The number of aliphatic carboxylic acids is 1. The summed E-state index contributed by atoms with van der Waals surface area (Å²) in [5.41, 5.74) is 0. The van der Waals surface area contributed by atoms with E-state index in [1.165, 1.54) is 0 Å². The van der Waals surface area contributed by atoms with E-state index in [1.807, 2.05) is 0 Å². The predicted molar refractivity (Wildman–Crippen MR) is 62.0 cm³/mol. The molecule has 0 aromatic carbocycles. The Balaban J connectivity index is 1.99. The predicted octanol–water partition coefficient (Wildman–Crippen LogP) is 1.11. The third kappa shape index (κ3) is 2.44. The highest BCUT2D eigenvalue weighted by molar-refractivity contribution is 5.89. The molecule has 0 aromatic rings. The van der Waals surface area contributed by atoms with Gasteiger partial charge in [-0.2, -0.15) is 0 Å². The van der Waals surface area contributed by atoms with E-state index in [9.17, 15) is 9.59 Å². The molecular formula is C13H17NO3. The highest BCUT2D eigenvalue weighted by Crippen LogP contribution is 2.41. The Bertz CT molecular complexity index is 365. The first-order valence-corrected chi connectivity index (χ1v) is 6.12. The first-order chi connectivity index (χ1) is 8.15. The first kappa shape index (κ1) is 12.0. The van der Waals surface area contributed by atoms with E-state index < -0.39 is 11.9 Å². The van der Waals surface area contributed by atoms with Crippen LogP contribution >= 0.6 is 0 Å². The number of rotatable bonds is 4. The lowest BCUT2D eigenvalue weighted by Crippen LogP contribution is -2.40. The number of nitrogens with zero attached hydrogens (tertiary/aromatic N) is 1. The van der Waals surface area contributed by atoms with E-state index in [2.05, 4.69) is 5.92 Å². The molecule has 1 N–H and O–H groups in total. The maximum atomic E-state index is 12.2. The Labute approximate surface area is 101 Å². The Morgan fingerprint density at radius 3 is 2.41 bits per heavy atom. The van der Waals surface area contributed by atoms with Crippen LogP contribution in [0.15, 0.2) is 0 Å². The van der Waals surface area contributed by atoms with Crippen LogP contribution in [0.5, 0.6) is 0 Å². The third-order valence-electron chi connectivity index (χ3n) is 3.74. The molecule has 2 aliphatic rings. The number of carboxylic acid groups (broad SMARTS) is 1. The lowest BCUT2D eigenvalue weighted by molar-refractivity contribution is -0.142. The van der Waals surface area contributed by atoms with Crippen molar-refractivity contribution in [3.05, 3.63) is 0 Å². The average Bonchev–Trinajstić information content (AvgIpc) is 2.94. The number of hydrogen-bond donors (Lipinski definition) is 1. The second-order valence-electron chi connectivity index (χ2n) is 4.90. The van der Waals surface area contributed by atoms with E-state index >= 15 is 0 Å². The maximum Gasteiger partial charge on any atom is 0.307 e. The van der Waals surface area contributed by atoms with Crippen molar-refractivity contribution in [1.29, 1.82) is 0 Å². The lowest BCUT2D eigenvalue weighted by atomic mass is 10.1. The van der Waals surface area contributed by atoms with Crippen molar-refractivity contribution in [1.82, 2.24) is 4.90 Å². The molecule has 1 amide bonds. The van der Waals surface area contributed by atoms with Gasteiger partial charge in [-0.05, 0) is 19.3 Å². The molecule has 0 saturated heterocycles. The summed E-state index contributed by atoms with van der Waals surface area (Å²) in [6, 6.07) is 0.230. The number of carboxylic acids is 1. The molecule has 4 nitrogen and oxygen atoms in total. The summed E-state index contributed by atoms with van der Waals surface area (Å²) in [5.74, 6) is 0.777. The minimum absolute atomic E-state index is 0.0535. The van der Waals surface area contributed by atoms with Gasteiger partial charge in [-0.1, -0.05) is 18.8 Å². The molecule has 0 spiro atoms. The van der Waals surface area contributed by atoms with Gasteiger partial charge in [-0.3, -0.25) is 9.59 Å². The number of hydrogen-bond acceptors (Lipinski definition) is 2. The highest BCUT2D eigenvalue weighted by atomic mass is 16.4. The van der Waals surface area contributed by atoms with Gasteiger partial charge in [-0.15, -0.1) is 6.42 Å². The van der Waals surface area contributed by atoms with Crippen LogP contribution < -0.4 is 0 Å². The van der Waals surface area contributed by atoms with Crippen LogP contribution in [0.25, 0.3) is 0 Å². The minimum atomic E-state index is -0.865. The maximum absolute atomic E-state index is 12.2. The van der Waals surface area contributed by atoms with Crippen LogP contribution in [-0.4, -0.2) is 34.5 Å². The Morgan fingerprint density at radius 2 is 1.94 bits per heavy atom. The molecule has 2 saturated carbocycles. The monoisotopic (exact) mass is 235 g/mol. The molecule has 2 atom stereocenters. The van der Waals surface area contributed by atoms with Crippen molar-refractivity contribution in [2.24, 2.45) is 11.8 Å². The summed E-state index contributed by atoms with van der Waals surface area (Å²) in [5, 5.41) is 8.84. The fourth-order valence-corrected chi connectivity index (χ4v) is 2.66. The molecule has 2 unspecified atom stereocenters. The van der Waals surface area contributed by atoms with Gasteiger partial charge in [0, 0.05) is 6.04 Å². The molecule has 0 radical (unpaired) electrons. The average molecular weight is 235 g/mol. The largest absolute Gasteiger partial charge is 0.481 e. The summed E-state index contributed by atoms with van der Waals surface area (Å²) in [4.78, 5) is 24.7. The van der Waals surface area contributed by atoms with Crippen LogP contribution in [-0.2, 0) is 9.59 Å². The second-order valence-corrected chi connectivity index (χ2v) is 4.90. The van der Waals surface area contributed by atoms with E-state index in [0.717, 1.165) is 25.7 Å². The first-order valence-electron chi connectivity index (χ1n) is 6.12. The molecule has 4 heteroatoms. The van der Waals surface area contributed by atoms with Gasteiger partial charge in [0.05, 0.1) is 18.4 Å². The van der Waals surface area contributed by atoms with Crippen molar-refractivity contribution in [3.63, 3.8) is 0 Å². The van der Waals surface area contributed by atoms with Crippen LogP contribution in [0.3, 0.4) is 0 Å². The normalized spacial score (nSPS) is 27.5. The summed E-state index contributed by atoms with van der Waals surface area (Å²) in [7, 11) is 0. The van der Waals surface area contributed by atoms with Crippen molar-refractivity contribution in [2.45, 2.75) is 38.1 Å². The zero-order chi connectivity index (χ0) is 12.4. The number of carbonyl (C=O) groups is 2. The standard InChI is InChI=1S/C13H17NO3/c1-2-7-14(9-5-3-4-6-9)12(15)10-8-11(10)13(16)17/h1,9-11H,3-8H2,(H,16,17). The molecule has 0 aromatic heterocycles. The van der Waals surface area contributed by atoms with Gasteiger partial charge in [0.25, 0.3) is 0 Å². The Morgan fingerprint density at radius 1 is 1.29 bits per heavy atom. The van der Waals surface area contributed by atoms with Crippen LogP contribution in [0.2, 0.25) is 0 Å². The SMILES string of the molecule is C#CCN(C(=O)C1CC1C(=O)O)C1CCCC1. The van der Waals surface area contributed by atoms with Crippen LogP contribution in [0, 0.1) is 24.2 Å². The quantitative estimate of drug-likeness (QED) is 0.743. The van der Waals surface area contributed by atoms with Gasteiger partial charge in [0.2, 0.25) is 5.91 Å². The van der Waals surface area contributed by atoms with Gasteiger partial charge in [0.1, 0.15) is 0 Å². The minimum Gasteiger partial charge on any atom is -0.481 e. The van der Waals surface area contributed by atoms with E-state index in [1.54, 1.807) is 4.90 Å². The fraction of sp³-hybridized carbons (Fsp3) is 0.692. The topological polar surface area (TPSA) is 57.6 Å². The summed E-state index contributed by atoms with van der Waals surface area (Å²) in [6.45, 7) is 0.312. The third-order valence-corrected chi connectivity index (χ3v) is 3.74. The molecule has 0 heterocycles. The number of carbonyl (C=O) groups excluding carboxylic acids is 1. The highest BCUT2D eigenvalue weighted by Gasteiger charge is 2.50. The molecule has 0 aliphatic heterocycles. The van der Waals surface area contributed by atoms with Crippen molar-refractivity contribution < 1.29 is 14.7 Å². The number of amides is 1. The molecule has 2 aliphatic carbocycles. The Hall–Kier alpha value is -1.50. The lowest BCUT2D eigenvalue weighted by Gasteiger charge is -2.27. The molecular weight excluding hydrogens is 218 g/mol. The van der Waals surface area contributed by atoms with Crippen molar-refractivity contribution >= 4 is 11.9 Å². The van der Waals surface area contributed by atoms with Crippen molar-refractivity contribution in [3.8, 4) is 12.3 Å². The summed E-state index contributed by atoms with van der Waals surface area (Å²) >= 11 is 0. The smallest absolute Gasteiger partial charge is 0.307 e. The zero-order valence-corrected chi connectivity index (χ0v) is 9.76. The fourth-order valence-electron chi connectivity index (χ4n) is 2.66. The van der Waals surface area contributed by atoms with Crippen molar-refractivity contribution in [2.75, 3.05) is 6.54 Å². The van der Waals surface area contributed by atoms with E-state index in [0.29, 0.717) is 13.0 Å². The molecule has 2 fully saturated rings. The van der Waals surface area contributed by atoms with E-state index in [4.69, 9.17) is 11.5 Å². The molecule has 92 valence electrons. The summed E-state index contributed by atoms with van der Waals surface area (Å²) < 4.78 is 0. The van der Waals surface area contributed by atoms with Gasteiger partial charge >= 0.3 is 5.97 Å². The molecule has 0 bridgehead atoms. The van der Waals surface area contributed by atoms with Crippen LogP contribution in [0.1, 0.15) is 32.1 Å². The van der Waals surface area contributed by atoms with Gasteiger partial charge < -0.3 is 10.0 Å². The second kappa shape index (κ2) is 4.79. The molecule has 17 heavy (non-hydrogen) atoms. The van der Waals surface area contributed by atoms with Crippen LogP contribution in [0.4, 0.5) is 0 Å². The van der Waals surface area contributed by atoms with E-state index in [-0.39, 0.29) is 17.9 Å². The molecule has 2 rings (SSSR count). The van der Waals surface area contributed by atoms with Gasteiger partial charge in [-0.25, -0.2) is 0 Å².